The van der Waals surface area contributed by atoms with Gasteiger partial charge >= 0.3 is 5.97 Å². The first-order valence-electron chi connectivity index (χ1n) is 7.32. The SMILES string of the molecule is COc1ccc(OC)c(C=C2N=C(c3cc(F)c(F)cc3Cl)OC2=O)c1. The molecule has 2 aromatic rings. The molecule has 5 nitrogen and oxygen atoms in total. The highest BCUT2D eigenvalue weighted by Crippen LogP contribution is 2.29. The molecule has 0 aliphatic carbocycles. The average molecular weight is 380 g/mol. The molecule has 0 saturated carbocycles. The van der Waals surface area contributed by atoms with Gasteiger partial charge in [-0.1, -0.05) is 11.6 Å². The molecule has 0 unspecified atom stereocenters. The first kappa shape index (κ1) is 17.9. The fourth-order valence-corrected chi connectivity index (χ4v) is 2.54. The van der Waals surface area contributed by atoms with E-state index in [2.05, 4.69) is 4.99 Å². The Morgan fingerprint density at radius 1 is 1.12 bits per heavy atom. The third-order valence-electron chi connectivity index (χ3n) is 3.59. The van der Waals surface area contributed by atoms with Crippen LogP contribution in [0.5, 0.6) is 11.5 Å². The number of halogens is 3. The minimum absolute atomic E-state index is 0.0278. The molecule has 3 rings (SSSR count). The summed E-state index contributed by atoms with van der Waals surface area (Å²) < 4.78 is 42.1. The largest absolute Gasteiger partial charge is 0.497 e. The second-order valence-electron chi connectivity index (χ2n) is 5.19. The molecule has 0 bridgehead atoms. The standard InChI is InChI=1S/C18H12ClF2NO4/c1-24-10-3-4-16(25-2)9(5-10)6-15-18(23)26-17(22-15)11-7-13(20)14(21)8-12(11)19/h3-8H,1-2H3. The molecule has 0 N–H and O–H groups in total. The minimum Gasteiger partial charge on any atom is -0.497 e. The van der Waals surface area contributed by atoms with Gasteiger partial charge in [0.25, 0.3) is 0 Å². The van der Waals surface area contributed by atoms with Crippen LogP contribution in [0.3, 0.4) is 0 Å². The van der Waals surface area contributed by atoms with Crippen molar-refractivity contribution in [2.75, 3.05) is 14.2 Å². The van der Waals surface area contributed by atoms with Crippen molar-refractivity contribution in [3.05, 3.63) is 63.8 Å². The van der Waals surface area contributed by atoms with Crippen LogP contribution in [0.4, 0.5) is 8.78 Å². The molecule has 0 saturated heterocycles. The van der Waals surface area contributed by atoms with Gasteiger partial charge in [0.1, 0.15) is 11.5 Å². The van der Waals surface area contributed by atoms with E-state index in [1.54, 1.807) is 18.2 Å². The Kier molecular flexibility index (Phi) is 4.90. The maximum atomic E-state index is 13.5. The zero-order valence-corrected chi connectivity index (χ0v) is 14.4. The maximum absolute atomic E-state index is 13.5. The molecule has 26 heavy (non-hydrogen) atoms. The third kappa shape index (κ3) is 3.39. The molecule has 134 valence electrons. The van der Waals surface area contributed by atoms with Gasteiger partial charge < -0.3 is 14.2 Å². The fourth-order valence-electron chi connectivity index (χ4n) is 2.31. The van der Waals surface area contributed by atoms with Crippen molar-refractivity contribution in [1.82, 2.24) is 0 Å². The van der Waals surface area contributed by atoms with Gasteiger partial charge in [-0.15, -0.1) is 0 Å². The van der Waals surface area contributed by atoms with Crippen LogP contribution in [-0.2, 0) is 9.53 Å². The molecular formula is C18H12ClF2NO4. The zero-order valence-electron chi connectivity index (χ0n) is 13.7. The Balaban J connectivity index is 2.04. The number of cyclic esters (lactones) is 1. The molecule has 0 aromatic heterocycles. The Bertz CT molecular complexity index is 956. The van der Waals surface area contributed by atoms with E-state index < -0.39 is 17.6 Å². The van der Waals surface area contributed by atoms with Crippen LogP contribution in [0.15, 0.2) is 41.0 Å². The summed E-state index contributed by atoms with van der Waals surface area (Å²) in [5.74, 6) is -2.18. The second kappa shape index (κ2) is 7.13. The Morgan fingerprint density at radius 3 is 2.54 bits per heavy atom. The molecule has 0 radical (unpaired) electrons. The number of nitrogens with zero attached hydrogens (tertiary/aromatic N) is 1. The summed E-state index contributed by atoms with van der Waals surface area (Å²) in [5, 5.41) is -0.129. The highest BCUT2D eigenvalue weighted by atomic mass is 35.5. The van der Waals surface area contributed by atoms with E-state index >= 15 is 0 Å². The number of esters is 1. The summed E-state index contributed by atoms with van der Waals surface area (Å²) in [4.78, 5) is 16.1. The molecule has 8 heteroatoms. The van der Waals surface area contributed by atoms with Crippen molar-refractivity contribution in [3.8, 4) is 11.5 Å². The van der Waals surface area contributed by atoms with Crippen LogP contribution >= 0.6 is 11.6 Å². The number of rotatable bonds is 4. The summed E-state index contributed by atoms with van der Waals surface area (Å²) in [5.41, 5.74) is 0.451. The van der Waals surface area contributed by atoms with Crippen molar-refractivity contribution in [2.24, 2.45) is 4.99 Å². The van der Waals surface area contributed by atoms with Gasteiger partial charge in [-0.25, -0.2) is 18.6 Å². The number of methoxy groups -OCH3 is 2. The smallest absolute Gasteiger partial charge is 0.363 e. The number of carbonyl (C=O) groups excluding carboxylic acids is 1. The van der Waals surface area contributed by atoms with Gasteiger partial charge in [0.05, 0.1) is 24.8 Å². The van der Waals surface area contributed by atoms with Gasteiger partial charge in [-0.05, 0) is 36.4 Å². The fraction of sp³-hybridized carbons (Fsp3) is 0.111. The lowest BCUT2D eigenvalue weighted by molar-refractivity contribution is -0.129. The number of aliphatic imine (C=N–C) groups is 1. The van der Waals surface area contributed by atoms with Gasteiger partial charge in [0.2, 0.25) is 5.90 Å². The lowest BCUT2D eigenvalue weighted by Crippen LogP contribution is -2.07. The second-order valence-corrected chi connectivity index (χ2v) is 5.60. The van der Waals surface area contributed by atoms with Crippen molar-refractivity contribution >= 4 is 29.5 Å². The number of hydrogen-bond acceptors (Lipinski definition) is 5. The lowest BCUT2D eigenvalue weighted by Gasteiger charge is -2.07. The number of ether oxygens (including phenoxy) is 3. The normalized spacial score (nSPS) is 15.0. The predicted octanol–water partition coefficient (Wildman–Crippen LogP) is 3.98. The summed E-state index contributed by atoms with van der Waals surface area (Å²) >= 11 is 5.89. The third-order valence-corrected chi connectivity index (χ3v) is 3.90. The van der Waals surface area contributed by atoms with Crippen molar-refractivity contribution < 1.29 is 27.8 Å². The highest BCUT2D eigenvalue weighted by molar-refractivity contribution is 6.34. The van der Waals surface area contributed by atoms with E-state index in [1.165, 1.54) is 20.3 Å². The molecule has 1 heterocycles. The molecular weight excluding hydrogens is 368 g/mol. The van der Waals surface area contributed by atoms with Crippen LogP contribution in [0, 0.1) is 11.6 Å². The molecule has 1 aliphatic rings. The average Bonchev–Trinajstić information content (AvgIpc) is 2.98. The van der Waals surface area contributed by atoms with Crippen LogP contribution in [0.25, 0.3) is 6.08 Å². The van der Waals surface area contributed by atoms with Crippen LogP contribution in [0.1, 0.15) is 11.1 Å². The summed E-state index contributed by atoms with van der Waals surface area (Å²) in [7, 11) is 2.98. The van der Waals surface area contributed by atoms with Gasteiger partial charge in [0, 0.05) is 5.56 Å². The van der Waals surface area contributed by atoms with E-state index in [1.807, 2.05) is 0 Å². The van der Waals surface area contributed by atoms with E-state index in [4.69, 9.17) is 25.8 Å². The lowest BCUT2D eigenvalue weighted by atomic mass is 10.1. The molecule has 0 atom stereocenters. The number of benzene rings is 2. The van der Waals surface area contributed by atoms with Gasteiger partial charge in [0.15, 0.2) is 17.3 Å². The van der Waals surface area contributed by atoms with Crippen LogP contribution < -0.4 is 9.47 Å². The number of carbonyl (C=O) groups is 1. The van der Waals surface area contributed by atoms with E-state index in [9.17, 15) is 13.6 Å². The zero-order chi connectivity index (χ0) is 18.8. The topological polar surface area (TPSA) is 57.1 Å². The predicted molar refractivity (Wildman–Crippen MR) is 91.5 cm³/mol. The molecule has 2 aromatic carbocycles. The molecule has 0 amide bonds. The maximum Gasteiger partial charge on any atom is 0.363 e. The first-order valence-corrected chi connectivity index (χ1v) is 7.70. The summed E-state index contributed by atoms with van der Waals surface area (Å²) in [6.45, 7) is 0. The molecule has 0 spiro atoms. The Hall–Kier alpha value is -2.93. The molecule has 1 aliphatic heterocycles. The Morgan fingerprint density at radius 2 is 1.85 bits per heavy atom. The first-order chi connectivity index (χ1) is 12.4. The molecule has 0 fully saturated rings. The van der Waals surface area contributed by atoms with Crippen LogP contribution in [-0.4, -0.2) is 26.1 Å². The van der Waals surface area contributed by atoms with Gasteiger partial charge in [-0.3, -0.25) is 0 Å². The van der Waals surface area contributed by atoms with E-state index in [0.29, 0.717) is 17.1 Å². The van der Waals surface area contributed by atoms with Crippen LogP contribution in [0.2, 0.25) is 5.02 Å². The van der Waals surface area contributed by atoms with Crippen molar-refractivity contribution in [3.63, 3.8) is 0 Å². The Labute approximate surface area is 152 Å². The van der Waals surface area contributed by atoms with Crippen molar-refractivity contribution in [2.45, 2.75) is 0 Å². The minimum atomic E-state index is -1.13. The summed E-state index contributed by atoms with van der Waals surface area (Å²) in [6, 6.07) is 6.62. The van der Waals surface area contributed by atoms with Gasteiger partial charge in [-0.2, -0.15) is 0 Å². The van der Waals surface area contributed by atoms with Crippen molar-refractivity contribution in [1.29, 1.82) is 0 Å². The summed E-state index contributed by atoms with van der Waals surface area (Å²) in [6.07, 6.45) is 1.43. The van der Waals surface area contributed by atoms with E-state index in [-0.39, 0.29) is 22.2 Å². The quantitative estimate of drug-likeness (QED) is 0.458. The monoisotopic (exact) mass is 379 g/mol. The number of hydrogen-bond donors (Lipinski definition) is 0. The highest BCUT2D eigenvalue weighted by Gasteiger charge is 2.27. The van der Waals surface area contributed by atoms with E-state index in [0.717, 1.165) is 12.1 Å².